The second-order valence-electron chi connectivity index (χ2n) is 8.31. The zero-order chi connectivity index (χ0) is 18.5. The highest BCUT2D eigenvalue weighted by Crippen LogP contribution is 2.21. The third kappa shape index (κ3) is 6.89. The highest BCUT2D eigenvalue weighted by atomic mass is 16.3. The maximum Gasteiger partial charge on any atom is 0.251 e. The zero-order valence-corrected chi connectivity index (χ0v) is 16.2. The van der Waals surface area contributed by atoms with Crippen LogP contribution in [0.3, 0.4) is 0 Å². The fraction of sp³-hybridized carbons (Fsp3) is 0.632. The summed E-state index contributed by atoms with van der Waals surface area (Å²) in [5, 5.41) is 16.6. The number of benzene rings is 1. The summed E-state index contributed by atoms with van der Waals surface area (Å²) in [5.74, 6) is -0.161. The largest absolute Gasteiger partial charge is 0.387 e. The van der Waals surface area contributed by atoms with E-state index in [1.807, 2.05) is 44.1 Å². The number of likely N-dealkylation sites (N-methyl/N-ethyl adjacent to an activating group) is 1. The van der Waals surface area contributed by atoms with Crippen molar-refractivity contribution >= 4 is 11.6 Å². The van der Waals surface area contributed by atoms with Crippen LogP contribution in [-0.2, 0) is 0 Å². The Morgan fingerprint density at radius 2 is 1.79 bits per heavy atom. The minimum atomic E-state index is -0.963. The lowest BCUT2D eigenvalue weighted by Crippen LogP contribution is -2.47. The van der Waals surface area contributed by atoms with Gasteiger partial charge in [0.2, 0.25) is 0 Å². The van der Waals surface area contributed by atoms with Crippen molar-refractivity contribution in [2.75, 3.05) is 39.0 Å². The molecule has 0 fully saturated rings. The van der Waals surface area contributed by atoms with Crippen LogP contribution in [-0.4, -0.2) is 55.2 Å². The monoisotopic (exact) mass is 335 g/mol. The molecule has 0 saturated heterocycles. The molecule has 0 bridgehead atoms. The average Bonchev–Trinajstić information content (AvgIpc) is 2.41. The molecule has 0 saturated carbocycles. The maximum atomic E-state index is 12.5. The summed E-state index contributed by atoms with van der Waals surface area (Å²) in [6.45, 7) is 11.7. The van der Waals surface area contributed by atoms with Crippen LogP contribution in [0.15, 0.2) is 18.2 Å². The summed E-state index contributed by atoms with van der Waals surface area (Å²) in [6.07, 6.45) is 0. The van der Waals surface area contributed by atoms with E-state index in [4.69, 9.17) is 0 Å². The first kappa shape index (κ1) is 20.5. The SMILES string of the molecule is Cc1c(NCC(C)(C)C)cccc1C(=O)NCC(C)(O)CN(C)C. The highest BCUT2D eigenvalue weighted by molar-refractivity contribution is 5.97. The molecule has 1 aromatic carbocycles. The van der Waals surface area contributed by atoms with Gasteiger partial charge in [0.15, 0.2) is 0 Å². The maximum absolute atomic E-state index is 12.5. The Morgan fingerprint density at radius 1 is 1.17 bits per heavy atom. The smallest absolute Gasteiger partial charge is 0.251 e. The molecule has 0 radical (unpaired) electrons. The Kier molecular flexibility index (Phi) is 6.81. The van der Waals surface area contributed by atoms with Gasteiger partial charge in [-0.3, -0.25) is 4.79 Å². The molecule has 24 heavy (non-hydrogen) atoms. The number of hydrogen-bond acceptors (Lipinski definition) is 4. The van der Waals surface area contributed by atoms with Crippen molar-refractivity contribution in [1.82, 2.24) is 10.2 Å². The number of carbonyl (C=O) groups excluding carboxylic acids is 1. The van der Waals surface area contributed by atoms with Gasteiger partial charge in [-0.25, -0.2) is 0 Å². The van der Waals surface area contributed by atoms with Crippen molar-refractivity contribution in [2.24, 2.45) is 5.41 Å². The second kappa shape index (κ2) is 7.99. The van der Waals surface area contributed by atoms with Crippen LogP contribution in [0, 0.1) is 12.3 Å². The lowest BCUT2D eigenvalue weighted by Gasteiger charge is -2.27. The fourth-order valence-electron chi connectivity index (χ4n) is 2.54. The van der Waals surface area contributed by atoms with Crippen LogP contribution >= 0.6 is 0 Å². The zero-order valence-electron chi connectivity index (χ0n) is 16.2. The van der Waals surface area contributed by atoms with Crippen molar-refractivity contribution in [2.45, 2.75) is 40.2 Å². The fourth-order valence-corrected chi connectivity index (χ4v) is 2.54. The molecule has 1 atom stereocenters. The van der Waals surface area contributed by atoms with Crippen LogP contribution in [0.2, 0.25) is 0 Å². The minimum absolute atomic E-state index is 0.161. The van der Waals surface area contributed by atoms with E-state index in [-0.39, 0.29) is 17.9 Å². The molecule has 5 nitrogen and oxygen atoms in total. The van der Waals surface area contributed by atoms with E-state index >= 15 is 0 Å². The number of amides is 1. The Bertz CT molecular complexity index is 560. The number of carbonyl (C=O) groups is 1. The number of anilines is 1. The van der Waals surface area contributed by atoms with E-state index in [1.54, 1.807) is 6.92 Å². The van der Waals surface area contributed by atoms with E-state index in [2.05, 4.69) is 31.4 Å². The first-order valence-electron chi connectivity index (χ1n) is 8.40. The Labute approximate surface area is 146 Å². The molecule has 1 amide bonds. The molecule has 5 heteroatoms. The summed E-state index contributed by atoms with van der Waals surface area (Å²) < 4.78 is 0. The minimum Gasteiger partial charge on any atom is -0.387 e. The summed E-state index contributed by atoms with van der Waals surface area (Å²) >= 11 is 0. The molecule has 0 aliphatic carbocycles. The quantitative estimate of drug-likeness (QED) is 0.716. The molecular formula is C19H33N3O2. The molecule has 0 aromatic heterocycles. The van der Waals surface area contributed by atoms with Crippen LogP contribution in [0.5, 0.6) is 0 Å². The van der Waals surface area contributed by atoms with Crippen LogP contribution < -0.4 is 10.6 Å². The summed E-state index contributed by atoms with van der Waals surface area (Å²) in [5.41, 5.74) is 1.73. The van der Waals surface area contributed by atoms with E-state index in [0.717, 1.165) is 17.8 Å². The van der Waals surface area contributed by atoms with Gasteiger partial charge >= 0.3 is 0 Å². The normalized spacial score (nSPS) is 14.4. The van der Waals surface area contributed by atoms with Crippen molar-refractivity contribution in [3.8, 4) is 0 Å². The van der Waals surface area contributed by atoms with E-state index < -0.39 is 5.60 Å². The summed E-state index contributed by atoms with van der Waals surface area (Å²) in [7, 11) is 3.79. The number of aliphatic hydroxyl groups is 1. The topological polar surface area (TPSA) is 64.6 Å². The molecule has 0 aliphatic heterocycles. The second-order valence-corrected chi connectivity index (χ2v) is 8.31. The van der Waals surface area contributed by atoms with Crippen molar-refractivity contribution in [1.29, 1.82) is 0 Å². The predicted molar refractivity (Wildman–Crippen MR) is 101 cm³/mol. The molecular weight excluding hydrogens is 302 g/mol. The van der Waals surface area contributed by atoms with Crippen LogP contribution in [0.1, 0.15) is 43.6 Å². The number of nitrogens with one attached hydrogen (secondary N) is 2. The molecule has 1 rings (SSSR count). The van der Waals surface area contributed by atoms with Gasteiger partial charge in [0.1, 0.15) is 0 Å². The van der Waals surface area contributed by atoms with Crippen molar-refractivity contribution in [3.63, 3.8) is 0 Å². The van der Waals surface area contributed by atoms with Gasteiger partial charge in [-0.2, -0.15) is 0 Å². The van der Waals surface area contributed by atoms with E-state index in [0.29, 0.717) is 12.1 Å². The lowest BCUT2D eigenvalue weighted by molar-refractivity contribution is 0.0326. The molecule has 1 unspecified atom stereocenters. The van der Waals surface area contributed by atoms with Crippen LogP contribution in [0.4, 0.5) is 5.69 Å². The number of nitrogens with zero attached hydrogens (tertiary/aromatic N) is 1. The predicted octanol–water partition coefficient (Wildman–Crippen LogP) is 2.50. The molecule has 0 aliphatic rings. The summed E-state index contributed by atoms with van der Waals surface area (Å²) in [4.78, 5) is 14.4. The third-order valence-electron chi connectivity index (χ3n) is 3.67. The van der Waals surface area contributed by atoms with Gasteiger partial charge in [0, 0.05) is 30.9 Å². The van der Waals surface area contributed by atoms with Gasteiger partial charge in [0.05, 0.1) is 5.60 Å². The van der Waals surface area contributed by atoms with E-state index in [9.17, 15) is 9.90 Å². The molecule has 1 aromatic rings. The van der Waals surface area contributed by atoms with Crippen molar-refractivity contribution < 1.29 is 9.90 Å². The number of hydrogen-bond donors (Lipinski definition) is 3. The van der Waals surface area contributed by atoms with Gasteiger partial charge in [-0.15, -0.1) is 0 Å². The molecule has 0 heterocycles. The average molecular weight is 335 g/mol. The van der Waals surface area contributed by atoms with E-state index in [1.165, 1.54) is 0 Å². The Morgan fingerprint density at radius 3 is 2.33 bits per heavy atom. The lowest BCUT2D eigenvalue weighted by atomic mass is 9.96. The first-order chi connectivity index (χ1) is 10.9. The number of rotatable bonds is 7. The Balaban J connectivity index is 2.78. The molecule has 136 valence electrons. The van der Waals surface area contributed by atoms with Gasteiger partial charge in [-0.1, -0.05) is 26.8 Å². The van der Waals surface area contributed by atoms with Gasteiger partial charge in [0.25, 0.3) is 5.91 Å². The standard InChI is InChI=1S/C19H33N3O2/c1-14-15(9-8-10-16(14)20-11-18(2,3)4)17(23)21-12-19(5,24)13-22(6)7/h8-10,20,24H,11-13H2,1-7H3,(H,21,23). The highest BCUT2D eigenvalue weighted by Gasteiger charge is 2.23. The van der Waals surface area contributed by atoms with Crippen LogP contribution in [0.25, 0.3) is 0 Å². The Hall–Kier alpha value is -1.59. The third-order valence-corrected chi connectivity index (χ3v) is 3.67. The molecule has 0 spiro atoms. The first-order valence-corrected chi connectivity index (χ1v) is 8.40. The van der Waals surface area contributed by atoms with Gasteiger partial charge in [-0.05, 0) is 51.1 Å². The van der Waals surface area contributed by atoms with Gasteiger partial charge < -0.3 is 20.6 Å². The summed E-state index contributed by atoms with van der Waals surface area (Å²) in [6, 6.07) is 5.68. The van der Waals surface area contributed by atoms with Crippen molar-refractivity contribution in [3.05, 3.63) is 29.3 Å². The molecule has 3 N–H and O–H groups in total.